The Labute approximate surface area is 968 Å². The quantitative estimate of drug-likeness (QED) is 0.0613. The Hall–Kier alpha value is -13.5. The van der Waals surface area contributed by atoms with Crippen LogP contribution in [-0.2, 0) is 136 Å². The first-order valence-corrected chi connectivity index (χ1v) is 48.9. The summed E-state index contributed by atoms with van der Waals surface area (Å²) in [7, 11) is 0. The third kappa shape index (κ3) is 33.5. The summed E-state index contributed by atoms with van der Waals surface area (Å²) in [5.74, 6) is -0.0625. The van der Waals surface area contributed by atoms with Crippen molar-refractivity contribution in [3.05, 3.63) is 544 Å². The molecule has 8 nitrogen and oxygen atoms in total. The van der Waals surface area contributed by atoms with E-state index in [0.717, 1.165) is 83.5 Å². The molecule has 0 aliphatic rings. The van der Waals surface area contributed by atoms with E-state index in [0.29, 0.717) is 0 Å². The minimum absolute atomic E-state index is 0. The van der Waals surface area contributed by atoms with E-state index in [1.54, 1.807) is 17.5 Å². The number of pyridine rings is 6. The number of rotatable bonds is 15. The predicted octanol–water partition coefficient (Wildman–Crippen LogP) is 35.2. The molecule has 0 bridgehead atoms. The van der Waals surface area contributed by atoms with Gasteiger partial charge >= 0.3 is 0 Å². The van der Waals surface area contributed by atoms with Gasteiger partial charge in [-0.15, -0.1) is 202 Å². The number of carbonyl (C=O) groups excluding carboxylic acids is 1. The summed E-state index contributed by atoms with van der Waals surface area (Å²) in [6.07, 6.45) is 12.2. The Bertz CT molecular complexity index is 7760. The van der Waals surface area contributed by atoms with Crippen molar-refractivity contribution in [3.8, 4) is 156 Å². The van der Waals surface area contributed by atoms with Gasteiger partial charge < -0.3 is 35.0 Å². The Kier molecular flexibility index (Phi) is 46.3. The number of aliphatic hydroxyl groups excluding tert-OH is 1. The first kappa shape index (κ1) is 118. The minimum atomic E-state index is -0.125. The van der Waals surface area contributed by atoms with Crippen LogP contribution in [0.2, 0.25) is 0 Å². The molecule has 0 fully saturated rings. The van der Waals surface area contributed by atoms with Crippen molar-refractivity contribution in [2.24, 2.45) is 0 Å². The minimum Gasteiger partial charge on any atom is -0.512 e. The fraction of sp³-hybridized carbons (Fsp3) is 0.0889. The van der Waals surface area contributed by atoms with Crippen LogP contribution in [0.25, 0.3) is 177 Å². The molecule has 7 heterocycles. The van der Waals surface area contributed by atoms with Gasteiger partial charge in [-0.3, -0.25) is 4.79 Å². The van der Waals surface area contributed by atoms with Crippen LogP contribution in [0.15, 0.2) is 486 Å². The maximum absolute atomic E-state index is 10.0. The number of benzene rings is 15. The third-order valence-corrected chi connectivity index (χ3v) is 25.1. The van der Waals surface area contributed by atoms with Crippen molar-refractivity contribution in [2.45, 2.75) is 80.1 Å². The summed E-state index contributed by atoms with van der Waals surface area (Å²) < 4.78 is 1.26. The molecule has 0 saturated carbocycles. The molecule has 22 rings (SSSR count). The Morgan fingerprint density at radius 2 is 0.673 bits per heavy atom. The molecule has 15 aromatic carbocycles. The summed E-state index contributed by atoms with van der Waals surface area (Å²) >= 11 is 1.73. The van der Waals surface area contributed by atoms with Gasteiger partial charge in [-0.25, -0.2) is 11.3 Å². The van der Waals surface area contributed by atoms with Gasteiger partial charge in [0.2, 0.25) is 0 Å². The van der Waals surface area contributed by atoms with Crippen molar-refractivity contribution < 1.29 is 131 Å². The van der Waals surface area contributed by atoms with Crippen molar-refractivity contribution in [2.75, 3.05) is 0 Å². The standard InChI is InChI=1S/C37H36N.C35H24N.C19H16N.C15H10N.C13H8NS.C11H8N.C5H8O2.6Ir/c1-36(2,3)33-17-12-26(13-18-33)30-22-31(27-14-19-34(20-15-27)37(4,5)6)24-32(23-30)29-16-21-35(38-25-29)28-10-8-7-9-11-28;1-3-11-26(12-4-1)32-23-33(27-13-5-2-6-14-27)25-34(24-32)30-17-9-15-28(21-30)29-16-10-18-31(22-29)35-19-7-8-20-36-35;1-14-9-10-15(2)18(12-14)16-6-5-7-17(13-16)19-8-3-4-11-20-19;1-2-7-13(8-3-1)15-14-9-5-4-6-12(14)10-11-16-15;1-2-7-12-10(5-1)9-13(15-12)11-6-3-4-8-14-11;1-2-6-10(7-3-1)11-8-4-5-9-12-11;1-4(6)3-5(2)7;;;;;;/h7-10,12-25H,1-6H3;1-17,19-25H;3-6,8-13H,1-2H3;1-7,9-11H;1-8H;1-6,8-9H;3,6H,1-2H3;;;;;;/q6*-1;;;;;;;. The van der Waals surface area contributed by atoms with Crippen molar-refractivity contribution in [1.82, 2.24) is 29.9 Å². The zero-order valence-electron chi connectivity index (χ0n) is 84.6. The smallest absolute Gasteiger partial charge is 0.155 e. The molecular formula is C135H110Ir6N6O2S-6. The molecule has 0 spiro atoms. The molecule has 758 valence electrons. The summed E-state index contributed by atoms with van der Waals surface area (Å²) in [5.41, 5.74) is 35.6. The Balaban J connectivity index is 0.000000188. The second-order valence-electron chi connectivity index (χ2n) is 36.8. The molecule has 0 aliphatic carbocycles. The van der Waals surface area contributed by atoms with Crippen LogP contribution in [-0.4, -0.2) is 40.8 Å². The average Bonchev–Trinajstić information content (AvgIpc) is 1.06. The molecule has 0 amide bonds. The van der Waals surface area contributed by atoms with E-state index < -0.39 is 0 Å². The molecule has 0 unspecified atom stereocenters. The largest absolute Gasteiger partial charge is 0.512 e. The van der Waals surface area contributed by atoms with E-state index in [9.17, 15) is 4.79 Å². The summed E-state index contributed by atoms with van der Waals surface area (Å²) in [6.45, 7) is 20.7. The van der Waals surface area contributed by atoms with Gasteiger partial charge in [-0.1, -0.05) is 290 Å². The molecule has 0 atom stereocenters. The molecule has 22 aromatic rings. The van der Waals surface area contributed by atoms with E-state index in [1.165, 1.54) is 135 Å². The number of carbonyl (C=O) groups is 1. The number of hydrogen-bond acceptors (Lipinski definition) is 9. The first-order chi connectivity index (χ1) is 70.1. The van der Waals surface area contributed by atoms with E-state index in [1.807, 2.05) is 213 Å². The fourth-order valence-electron chi connectivity index (χ4n) is 16.4. The summed E-state index contributed by atoms with van der Waals surface area (Å²) in [4.78, 5) is 37.8. The number of allylic oxidation sites excluding steroid dienone is 2. The van der Waals surface area contributed by atoms with Gasteiger partial charge in [0.25, 0.3) is 0 Å². The molecule has 1 N–H and O–H groups in total. The number of aliphatic hydroxyl groups is 1. The van der Waals surface area contributed by atoms with Crippen molar-refractivity contribution >= 4 is 38.0 Å². The number of thiophene rings is 1. The number of nitrogens with zero attached hydrogens (tertiary/aromatic N) is 6. The van der Waals surface area contributed by atoms with Crippen LogP contribution in [0.1, 0.15) is 77.6 Å². The molecule has 6 radical (unpaired) electrons. The first-order valence-electron chi connectivity index (χ1n) is 48.1. The Morgan fingerprint density at radius 3 is 1.12 bits per heavy atom. The van der Waals surface area contributed by atoms with Crippen LogP contribution >= 0.6 is 11.3 Å². The van der Waals surface area contributed by atoms with Gasteiger partial charge in [0.05, 0.1) is 5.76 Å². The van der Waals surface area contributed by atoms with E-state index in [2.05, 4.69) is 371 Å². The molecule has 15 heteroatoms. The maximum Gasteiger partial charge on any atom is 0.155 e. The zero-order chi connectivity index (χ0) is 100.0. The van der Waals surface area contributed by atoms with Crippen LogP contribution in [0, 0.1) is 50.2 Å². The maximum atomic E-state index is 10.0. The van der Waals surface area contributed by atoms with E-state index >= 15 is 0 Å². The summed E-state index contributed by atoms with van der Waals surface area (Å²) in [6, 6.07) is 171. The fourth-order valence-corrected chi connectivity index (χ4v) is 17.4. The molecule has 0 saturated heterocycles. The monoisotopic (exact) mass is 3040 g/mol. The molecular weight excluding hydrogens is 2920 g/mol. The van der Waals surface area contributed by atoms with Crippen LogP contribution < -0.4 is 0 Å². The second-order valence-corrected chi connectivity index (χ2v) is 37.9. The average molecular weight is 3030 g/mol. The topological polar surface area (TPSA) is 115 Å². The van der Waals surface area contributed by atoms with Gasteiger partial charge in [0.15, 0.2) is 5.78 Å². The molecule has 150 heavy (non-hydrogen) atoms. The zero-order valence-corrected chi connectivity index (χ0v) is 99.7. The van der Waals surface area contributed by atoms with Gasteiger partial charge in [0, 0.05) is 170 Å². The number of ketones is 1. The van der Waals surface area contributed by atoms with Crippen LogP contribution in [0.4, 0.5) is 0 Å². The van der Waals surface area contributed by atoms with Crippen molar-refractivity contribution in [1.29, 1.82) is 0 Å². The van der Waals surface area contributed by atoms with Gasteiger partial charge in [-0.2, -0.15) is 0 Å². The predicted molar refractivity (Wildman–Crippen MR) is 601 cm³/mol. The second kappa shape index (κ2) is 58.6. The Morgan fingerprint density at radius 1 is 0.293 bits per heavy atom. The van der Waals surface area contributed by atoms with Crippen molar-refractivity contribution in [3.63, 3.8) is 0 Å². The van der Waals surface area contributed by atoms with Crippen LogP contribution in [0.5, 0.6) is 0 Å². The third-order valence-electron chi connectivity index (χ3n) is 24.0. The number of aryl methyl sites for hydroxylation is 2. The van der Waals surface area contributed by atoms with E-state index in [4.69, 9.17) is 10.1 Å². The number of aromatic nitrogens is 6. The SMILES string of the molecule is CC(=O)C=C(C)O.CC(C)(C)c1ccc(-c2cc(-c3ccc(C(C)(C)C)cc3)cc(-c3ccc(-c4[c-]cccc4)nc3)c2)cc1.Cc1ccc(C)c(-c2cc[c-]c(-c3ccccn3)c2)c1.[Ir].[Ir].[Ir].[Ir].[Ir].[Ir].[c-]1c(-c2ccccn2)sc2ccccc12.[c-]1ccc(-c2cccc(-c3cc(-c4ccccc4)cc(-c4ccccc4)c3)c2)cc1-c1ccccn1.[c-]1ccccc1-c1ccccn1.[c-]1ccccc1-c1nccc2ccccc12. The molecule has 0 aliphatic heterocycles. The molecule has 7 aromatic heterocycles. The normalized spacial score (nSPS) is 10.5. The van der Waals surface area contributed by atoms with Crippen LogP contribution in [0.3, 0.4) is 0 Å². The number of fused-ring (bicyclic) bond motifs is 2. The van der Waals surface area contributed by atoms with E-state index in [-0.39, 0.29) is 143 Å². The number of hydrogen-bond donors (Lipinski definition) is 1. The van der Waals surface area contributed by atoms with Gasteiger partial charge in [-0.05, 0) is 255 Å². The van der Waals surface area contributed by atoms with Gasteiger partial charge in [0.1, 0.15) is 0 Å². The summed E-state index contributed by atoms with van der Waals surface area (Å²) in [5, 5.41) is 11.9.